The van der Waals surface area contributed by atoms with E-state index in [4.69, 9.17) is 5.73 Å². The van der Waals surface area contributed by atoms with Crippen LogP contribution in [0, 0.1) is 20.8 Å². The van der Waals surface area contributed by atoms with E-state index in [0.29, 0.717) is 0 Å². The van der Waals surface area contributed by atoms with E-state index in [-0.39, 0.29) is 6.04 Å². The summed E-state index contributed by atoms with van der Waals surface area (Å²) in [6.07, 6.45) is 0. The monoisotopic (exact) mass is 243 g/mol. The van der Waals surface area contributed by atoms with Crippen molar-refractivity contribution in [1.82, 2.24) is 9.78 Å². The van der Waals surface area contributed by atoms with Crippen LogP contribution in [0.3, 0.4) is 0 Å². The largest absolute Gasteiger partial charge is 0.324 e. The van der Waals surface area contributed by atoms with Crippen molar-refractivity contribution in [3.8, 4) is 0 Å². The van der Waals surface area contributed by atoms with E-state index in [1.54, 1.807) is 0 Å². The van der Waals surface area contributed by atoms with E-state index in [2.05, 4.69) is 43.2 Å². The Kier molecular flexibility index (Phi) is 3.53. The number of aromatic nitrogens is 2. The van der Waals surface area contributed by atoms with Crippen molar-refractivity contribution < 1.29 is 0 Å². The lowest BCUT2D eigenvalue weighted by Crippen LogP contribution is -2.09. The molecule has 0 bridgehead atoms. The normalized spacial score (nSPS) is 12.7. The lowest BCUT2D eigenvalue weighted by Gasteiger charge is -2.08. The van der Waals surface area contributed by atoms with E-state index < -0.39 is 0 Å². The van der Waals surface area contributed by atoms with Crippen LogP contribution in [0.4, 0.5) is 0 Å². The molecule has 2 N–H and O–H groups in total. The highest BCUT2D eigenvalue weighted by Gasteiger charge is 2.14. The van der Waals surface area contributed by atoms with Crippen LogP contribution in [0.2, 0.25) is 0 Å². The van der Waals surface area contributed by atoms with Crippen LogP contribution >= 0.6 is 0 Å². The highest BCUT2D eigenvalue weighted by molar-refractivity contribution is 5.29. The molecular formula is C15H21N3. The molecule has 1 heterocycles. The van der Waals surface area contributed by atoms with Gasteiger partial charge in [0.15, 0.2) is 0 Å². The Morgan fingerprint density at radius 1 is 1.17 bits per heavy atom. The SMILES string of the molecule is Cc1ccc(Cn2nc(C)c(C(C)N)c2C)cc1. The molecule has 0 aliphatic carbocycles. The van der Waals surface area contributed by atoms with Gasteiger partial charge in [-0.05, 0) is 33.3 Å². The maximum Gasteiger partial charge on any atom is 0.0662 e. The summed E-state index contributed by atoms with van der Waals surface area (Å²) >= 11 is 0. The fourth-order valence-corrected chi connectivity index (χ4v) is 2.39. The average Bonchev–Trinajstić information content (AvgIpc) is 2.57. The molecule has 0 fully saturated rings. The molecule has 1 unspecified atom stereocenters. The van der Waals surface area contributed by atoms with Gasteiger partial charge in [0.25, 0.3) is 0 Å². The van der Waals surface area contributed by atoms with Gasteiger partial charge in [0, 0.05) is 17.3 Å². The van der Waals surface area contributed by atoms with Gasteiger partial charge in [0.2, 0.25) is 0 Å². The fraction of sp³-hybridized carbons (Fsp3) is 0.400. The standard InChI is InChI=1S/C15H21N3/c1-10-5-7-14(8-6-10)9-18-13(4)15(11(2)16)12(3)17-18/h5-8,11H,9,16H2,1-4H3. The number of nitrogens with zero attached hydrogens (tertiary/aromatic N) is 2. The number of hydrogen-bond acceptors (Lipinski definition) is 2. The minimum absolute atomic E-state index is 0.0387. The quantitative estimate of drug-likeness (QED) is 0.900. The van der Waals surface area contributed by atoms with Crippen LogP contribution in [0.1, 0.15) is 41.0 Å². The van der Waals surface area contributed by atoms with Gasteiger partial charge < -0.3 is 5.73 Å². The van der Waals surface area contributed by atoms with Gasteiger partial charge in [-0.2, -0.15) is 5.10 Å². The van der Waals surface area contributed by atoms with Crippen molar-refractivity contribution in [3.63, 3.8) is 0 Å². The minimum atomic E-state index is 0.0387. The van der Waals surface area contributed by atoms with Gasteiger partial charge in [-0.3, -0.25) is 4.68 Å². The summed E-state index contributed by atoms with van der Waals surface area (Å²) < 4.78 is 2.04. The number of nitrogens with two attached hydrogens (primary N) is 1. The van der Waals surface area contributed by atoms with Gasteiger partial charge in [-0.15, -0.1) is 0 Å². The topological polar surface area (TPSA) is 43.8 Å². The van der Waals surface area contributed by atoms with Gasteiger partial charge in [0.1, 0.15) is 0 Å². The molecular weight excluding hydrogens is 222 g/mol. The van der Waals surface area contributed by atoms with Gasteiger partial charge >= 0.3 is 0 Å². The van der Waals surface area contributed by atoms with E-state index in [1.165, 1.54) is 22.4 Å². The van der Waals surface area contributed by atoms with Crippen molar-refractivity contribution >= 4 is 0 Å². The first kappa shape index (κ1) is 12.8. The van der Waals surface area contributed by atoms with Gasteiger partial charge in [-0.25, -0.2) is 0 Å². The number of benzene rings is 1. The van der Waals surface area contributed by atoms with E-state index in [9.17, 15) is 0 Å². The molecule has 1 aromatic carbocycles. The van der Waals surface area contributed by atoms with Crippen LogP contribution in [0.5, 0.6) is 0 Å². The summed E-state index contributed by atoms with van der Waals surface area (Å²) in [7, 11) is 0. The molecule has 0 saturated carbocycles. The van der Waals surface area contributed by atoms with E-state index >= 15 is 0 Å². The summed E-state index contributed by atoms with van der Waals surface area (Å²) in [6.45, 7) is 9.03. The second-order valence-corrected chi connectivity index (χ2v) is 5.02. The van der Waals surface area contributed by atoms with Gasteiger partial charge in [-0.1, -0.05) is 29.8 Å². The zero-order valence-corrected chi connectivity index (χ0v) is 11.6. The highest BCUT2D eigenvalue weighted by atomic mass is 15.3. The zero-order valence-electron chi connectivity index (χ0n) is 11.6. The first-order valence-corrected chi connectivity index (χ1v) is 6.34. The minimum Gasteiger partial charge on any atom is -0.324 e. The fourth-order valence-electron chi connectivity index (χ4n) is 2.39. The summed E-state index contributed by atoms with van der Waals surface area (Å²) in [5.41, 5.74) is 11.9. The highest BCUT2D eigenvalue weighted by Crippen LogP contribution is 2.20. The Hall–Kier alpha value is -1.61. The molecule has 0 amide bonds. The molecule has 0 saturated heterocycles. The molecule has 3 nitrogen and oxygen atoms in total. The Bertz CT molecular complexity index is 536. The van der Waals surface area contributed by atoms with Crippen molar-refractivity contribution in [2.45, 2.75) is 40.3 Å². The van der Waals surface area contributed by atoms with E-state index in [1.807, 2.05) is 18.5 Å². The van der Waals surface area contributed by atoms with Crippen LogP contribution in [0.15, 0.2) is 24.3 Å². The smallest absolute Gasteiger partial charge is 0.0662 e. The first-order valence-electron chi connectivity index (χ1n) is 6.34. The molecule has 96 valence electrons. The Morgan fingerprint density at radius 3 is 2.28 bits per heavy atom. The molecule has 1 atom stereocenters. The molecule has 0 aliphatic heterocycles. The first-order chi connectivity index (χ1) is 8.49. The van der Waals surface area contributed by atoms with Crippen LogP contribution < -0.4 is 5.73 Å². The molecule has 3 heteroatoms. The third-order valence-corrected chi connectivity index (χ3v) is 3.35. The summed E-state index contributed by atoms with van der Waals surface area (Å²) in [4.78, 5) is 0. The Morgan fingerprint density at radius 2 is 1.78 bits per heavy atom. The Balaban J connectivity index is 2.30. The van der Waals surface area contributed by atoms with Crippen LogP contribution in [0.25, 0.3) is 0 Å². The number of hydrogen-bond donors (Lipinski definition) is 1. The third-order valence-electron chi connectivity index (χ3n) is 3.35. The summed E-state index contributed by atoms with van der Waals surface area (Å²) in [6, 6.07) is 8.60. The third kappa shape index (κ3) is 2.46. The van der Waals surface area contributed by atoms with Gasteiger partial charge in [0.05, 0.1) is 12.2 Å². The second kappa shape index (κ2) is 4.94. The predicted molar refractivity (Wildman–Crippen MR) is 74.6 cm³/mol. The van der Waals surface area contributed by atoms with E-state index in [0.717, 1.165) is 12.2 Å². The van der Waals surface area contributed by atoms with Crippen molar-refractivity contribution in [2.24, 2.45) is 5.73 Å². The molecule has 0 aliphatic rings. The van der Waals surface area contributed by atoms with Crippen LogP contribution in [-0.4, -0.2) is 9.78 Å². The van der Waals surface area contributed by atoms with Crippen molar-refractivity contribution in [2.75, 3.05) is 0 Å². The number of aryl methyl sites for hydroxylation is 2. The number of rotatable bonds is 3. The molecule has 0 spiro atoms. The lowest BCUT2D eigenvalue weighted by molar-refractivity contribution is 0.656. The summed E-state index contributed by atoms with van der Waals surface area (Å²) in [5.74, 6) is 0. The lowest BCUT2D eigenvalue weighted by atomic mass is 10.1. The summed E-state index contributed by atoms with van der Waals surface area (Å²) in [5, 5.41) is 4.59. The second-order valence-electron chi connectivity index (χ2n) is 5.02. The van der Waals surface area contributed by atoms with Crippen molar-refractivity contribution in [3.05, 3.63) is 52.3 Å². The average molecular weight is 243 g/mol. The molecule has 18 heavy (non-hydrogen) atoms. The predicted octanol–water partition coefficient (Wildman–Crippen LogP) is 2.88. The molecule has 2 rings (SSSR count). The molecule has 1 aromatic heterocycles. The molecule has 2 aromatic rings. The zero-order chi connectivity index (χ0) is 13.3. The maximum absolute atomic E-state index is 5.99. The van der Waals surface area contributed by atoms with Crippen LogP contribution in [-0.2, 0) is 6.54 Å². The Labute approximate surface area is 109 Å². The molecule has 0 radical (unpaired) electrons. The maximum atomic E-state index is 5.99. The van der Waals surface area contributed by atoms with Crippen molar-refractivity contribution in [1.29, 1.82) is 0 Å².